The molecule has 0 unspecified atom stereocenters. The van der Waals surface area contributed by atoms with Crippen LogP contribution in [0.25, 0.3) is 11.5 Å². The van der Waals surface area contributed by atoms with Crippen molar-refractivity contribution >= 4 is 23.4 Å². The van der Waals surface area contributed by atoms with Crippen molar-refractivity contribution in [3.63, 3.8) is 0 Å². The van der Waals surface area contributed by atoms with Crippen molar-refractivity contribution in [3.8, 4) is 28.7 Å². The molecule has 0 fully saturated rings. The Bertz CT molecular complexity index is 1090. The first-order valence-corrected chi connectivity index (χ1v) is 12.4. The standard InChI is InChI=1S/C25H31N3O5S/c1-6-17-12-10-11-16(5)22(17)26-21(29)15-34-25-28-27-24(33-25)18-13-19(30-7-2)23(32-9-4)20(14-18)31-8-3/h10-14H,6-9,15H2,1-5H3,(H,26,29). The Labute approximate surface area is 204 Å². The minimum absolute atomic E-state index is 0.132. The maximum Gasteiger partial charge on any atom is 0.277 e. The summed E-state index contributed by atoms with van der Waals surface area (Å²) in [6.07, 6.45) is 0.840. The Morgan fingerprint density at radius 3 is 2.29 bits per heavy atom. The van der Waals surface area contributed by atoms with Crippen LogP contribution in [0.3, 0.4) is 0 Å². The van der Waals surface area contributed by atoms with E-state index in [9.17, 15) is 4.79 Å². The number of carbonyl (C=O) groups excluding carboxylic acids is 1. The summed E-state index contributed by atoms with van der Waals surface area (Å²) in [6, 6.07) is 9.57. The maximum atomic E-state index is 12.5. The molecule has 2 aromatic carbocycles. The number of amides is 1. The molecule has 0 bridgehead atoms. The summed E-state index contributed by atoms with van der Waals surface area (Å²) >= 11 is 1.18. The largest absolute Gasteiger partial charge is 0.490 e. The first-order chi connectivity index (χ1) is 16.5. The number of carbonyl (C=O) groups is 1. The van der Waals surface area contributed by atoms with Gasteiger partial charge in [-0.25, -0.2) is 0 Å². The molecule has 0 spiro atoms. The average Bonchev–Trinajstić information content (AvgIpc) is 3.30. The fourth-order valence-corrected chi connectivity index (χ4v) is 3.96. The molecule has 0 saturated carbocycles. The number of para-hydroxylation sites is 1. The summed E-state index contributed by atoms with van der Waals surface area (Å²) in [5.41, 5.74) is 3.64. The van der Waals surface area contributed by atoms with Gasteiger partial charge in [0.25, 0.3) is 5.22 Å². The Balaban J connectivity index is 1.74. The average molecular weight is 486 g/mol. The molecular weight excluding hydrogens is 454 g/mol. The smallest absolute Gasteiger partial charge is 0.277 e. The Kier molecular flexibility index (Phi) is 9.21. The quantitative estimate of drug-likeness (QED) is 0.334. The third kappa shape index (κ3) is 6.22. The number of thioether (sulfide) groups is 1. The van der Waals surface area contributed by atoms with E-state index in [0.29, 0.717) is 53.7 Å². The maximum absolute atomic E-state index is 12.5. The van der Waals surface area contributed by atoms with Gasteiger partial charge in [-0.05, 0) is 57.4 Å². The molecule has 182 valence electrons. The third-order valence-corrected chi connectivity index (χ3v) is 5.71. The van der Waals surface area contributed by atoms with E-state index in [-0.39, 0.29) is 11.7 Å². The summed E-state index contributed by atoms with van der Waals surface area (Å²) < 4.78 is 23.1. The molecule has 0 radical (unpaired) electrons. The Morgan fingerprint density at radius 1 is 1.00 bits per heavy atom. The van der Waals surface area contributed by atoms with Crippen molar-refractivity contribution in [1.29, 1.82) is 0 Å². The van der Waals surface area contributed by atoms with Gasteiger partial charge < -0.3 is 23.9 Å². The summed E-state index contributed by atoms with van der Waals surface area (Å²) in [7, 11) is 0. The van der Waals surface area contributed by atoms with Crippen molar-refractivity contribution in [2.24, 2.45) is 0 Å². The second-order valence-corrected chi connectivity index (χ2v) is 8.20. The third-order valence-electron chi connectivity index (χ3n) is 4.89. The molecule has 1 heterocycles. The molecule has 3 aromatic rings. The first-order valence-electron chi connectivity index (χ1n) is 11.4. The van der Waals surface area contributed by atoms with Gasteiger partial charge in [0.1, 0.15) is 0 Å². The summed E-state index contributed by atoms with van der Waals surface area (Å²) in [5, 5.41) is 11.5. The van der Waals surface area contributed by atoms with Crippen molar-refractivity contribution in [2.75, 3.05) is 30.9 Å². The van der Waals surface area contributed by atoms with E-state index in [2.05, 4.69) is 22.4 Å². The highest BCUT2D eigenvalue weighted by atomic mass is 32.2. The molecule has 0 aliphatic heterocycles. The topological polar surface area (TPSA) is 95.7 Å². The van der Waals surface area contributed by atoms with Crippen LogP contribution in [0.1, 0.15) is 38.8 Å². The van der Waals surface area contributed by atoms with Crippen LogP contribution in [-0.4, -0.2) is 41.7 Å². The summed E-state index contributed by atoms with van der Waals surface area (Å²) in [5.74, 6) is 1.95. The highest BCUT2D eigenvalue weighted by Crippen LogP contribution is 2.42. The predicted octanol–water partition coefficient (Wildman–Crippen LogP) is 5.53. The number of rotatable bonds is 12. The fourth-order valence-electron chi connectivity index (χ4n) is 3.40. The van der Waals surface area contributed by atoms with E-state index in [1.807, 2.05) is 45.9 Å². The molecule has 0 aliphatic rings. The highest BCUT2D eigenvalue weighted by Gasteiger charge is 2.19. The number of anilines is 1. The SMILES string of the molecule is CCOc1cc(-c2nnc(SCC(=O)Nc3c(C)cccc3CC)o2)cc(OCC)c1OCC. The number of hydrogen-bond acceptors (Lipinski definition) is 8. The van der Waals surface area contributed by atoms with Gasteiger partial charge in [0, 0.05) is 11.3 Å². The van der Waals surface area contributed by atoms with Crippen LogP contribution in [0.5, 0.6) is 17.2 Å². The van der Waals surface area contributed by atoms with Crippen LogP contribution in [0.4, 0.5) is 5.69 Å². The van der Waals surface area contributed by atoms with Crippen LogP contribution in [0, 0.1) is 6.92 Å². The molecule has 34 heavy (non-hydrogen) atoms. The molecule has 1 N–H and O–H groups in total. The van der Waals surface area contributed by atoms with Crippen molar-refractivity contribution in [3.05, 3.63) is 41.5 Å². The van der Waals surface area contributed by atoms with Crippen molar-refractivity contribution < 1.29 is 23.4 Å². The number of benzene rings is 2. The lowest BCUT2D eigenvalue weighted by Gasteiger charge is -2.16. The lowest BCUT2D eigenvalue weighted by molar-refractivity contribution is -0.113. The van der Waals surface area contributed by atoms with Crippen LogP contribution in [0.15, 0.2) is 40.0 Å². The van der Waals surface area contributed by atoms with E-state index < -0.39 is 0 Å². The fraction of sp³-hybridized carbons (Fsp3) is 0.400. The van der Waals surface area contributed by atoms with E-state index >= 15 is 0 Å². The van der Waals surface area contributed by atoms with Gasteiger partial charge in [0.2, 0.25) is 17.5 Å². The van der Waals surface area contributed by atoms with Crippen molar-refractivity contribution in [2.45, 2.75) is 46.3 Å². The van der Waals surface area contributed by atoms with Crippen LogP contribution in [0.2, 0.25) is 0 Å². The van der Waals surface area contributed by atoms with Crippen LogP contribution in [-0.2, 0) is 11.2 Å². The molecule has 0 saturated heterocycles. The lowest BCUT2D eigenvalue weighted by atomic mass is 10.1. The lowest BCUT2D eigenvalue weighted by Crippen LogP contribution is -2.16. The zero-order valence-electron chi connectivity index (χ0n) is 20.3. The number of nitrogens with one attached hydrogen (secondary N) is 1. The molecule has 0 atom stereocenters. The number of hydrogen-bond donors (Lipinski definition) is 1. The molecular formula is C25H31N3O5S. The predicted molar refractivity (Wildman–Crippen MR) is 133 cm³/mol. The van der Waals surface area contributed by atoms with Gasteiger partial charge in [0.05, 0.1) is 25.6 Å². The number of nitrogens with zero attached hydrogens (tertiary/aromatic N) is 2. The zero-order chi connectivity index (χ0) is 24.5. The number of ether oxygens (including phenoxy) is 3. The van der Waals surface area contributed by atoms with Crippen molar-refractivity contribution in [1.82, 2.24) is 10.2 Å². The molecule has 8 nitrogen and oxygen atoms in total. The second kappa shape index (κ2) is 12.3. The molecule has 1 amide bonds. The first kappa shape index (κ1) is 25.4. The monoisotopic (exact) mass is 485 g/mol. The summed E-state index contributed by atoms with van der Waals surface area (Å²) in [6.45, 7) is 11.2. The van der Waals surface area contributed by atoms with E-state index in [0.717, 1.165) is 23.2 Å². The zero-order valence-corrected chi connectivity index (χ0v) is 21.1. The second-order valence-electron chi connectivity index (χ2n) is 7.27. The van der Waals surface area contributed by atoms with Gasteiger partial charge in [-0.3, -0.25) is 4.79 Å². The van der Waals surface area contributed by atoms with Crippen LogP contribution >= 0.6 is 11.8 Å². The molecule has 0 aliphatic carbocycles. The molecule has 1 aromatic heterocycles. The minimum atomic E-state index is -0.132. The number of aromatic nitrogens is 2. The van der Waals surface area contributed by atoms with Gasteiger partial charge in [-0.2, -0.15) is 0 Å². The van der Waals surface area contributed by atoms with Crippen LogP contribution < -0.4 is 19.5 Å². The van der Waals surface area contributed by atoms with Gasteiger partial charge in [-0.15, -0.1) is 10.2 Å². The Morgan fingerprint density at radius 2 is 1.68 bits per heavy atom. The Hall–Kier alpha value is -3.20. The van der Waals surface area contributed by atoms with E-state index in [1.54, 1.807) is 12.1 Å². The molecule has 9 heteroatoms. The normalized spacial score (nSPS) is 10.7. The van der Waals surface area contributed by atoms with Gasteiger partial charge >= 0.3 is 0 Å². The van der Waals surface area contributed by atoms with Gasteiger partial charge in [0.15, 0.2) is 11.5 Å². The highest BCUT2D eigenvalue weighted by molar-refractivity contribution is 7.99. The number of aryl methyl sites for hydroxylation is 2. The molecule has 3 rings (SSSR count). The van der Waals surface area contributed by atoms with Gasteiger partial charge in [-0.1, -0.05) is 36.9 Å². The summed E-state index contributed by atoms with van der Waals surface area (Å²) in [4.78, 5) is 12.5. The van der Waals surface area contributed by atoms with E-state index in [1.165, 1.54) is 11.8 Å². The minimum Gasteiger partial charge on any atom is -0.490 e. The van der Waals surface area contributed by atoms with E-state index in [4.69, 9.17) is 18.6 Å².